The molecule has 4 rings (SSSR count). The number of rotatable bonds is 6. The van der Waals surface area contributed by atoms with Gasteiger partial charge in [0, 0.05) is 25.2 Å². The van der Waals surface area contributed by atoms with Crippen LogP contribution in [-0.2, 0) is 4.74 Å². The van der Waals surface area contributed by atoms with Crippen molar-refractivity contribution in [1.82, 2.24) is 14.7 Å². The molecule has 3 heterocycles. The molecule has 2 atom stereocenters. The Balaban J connectivity index is 1.23. The fraction of sp³-hybridized carbons (Fsp3) is 0.680. The number of likely N-dealkylation sites (tertiary alicyclic amines) is 3. The molecule has 1 aromatic carbocycles. The molecule has 0 aliphatic carbocycles. The molecule has 7 heteroatoms. The van der Waals surface area contributed by atoms with Crippen LogP contribution >= 0.6 is 0 Å². The van der Waals surface area contributed by atoms with E-state index in [1.807, 2.05) is 49.9 Å². The minimum atomic E-state index is -0.508. The second-order valence-corrected chi connectivity index (χ2v) is 10.3. The van der Waals surface area contributed by atoms with E-state index in [1.165, 1.54) is 32.4 Å². The van der Waals surface area contributed by atoms with Gasteiger partial charge in [-0.3, -0.25) is 4.79 Å². The third kappa shape index (κ3) is 5.55. The summed E-state index contributed by atoms with van der Waals surface area (Å²) in [6, 6.07) is 7.57. The van der Waals surface area contributed by atoms with Crippen molar-refractivity contribution in [3.8, 4) is 5.75 Å². The molecule has 0 spiro atoms. The lowest BCUT2D eigenvalue weighted by atomic mass is 10.1. The van der Waals surface area contributed by atoms with E-state index in [9.17, 15) is 9.59 Å². The Bertz CT molecular complexity index is 798. The molecule has 0 N–H and O–H groups in total. The van der Waals surface area contributed by atoms with Crippen LogP contribution in [-0.4, -0.2) is 83.7 Å². The maximum Gasteiger partial charge on any atom is 0.410 e. The zero-order valence-electron chi connectivity index (χ0n) is 19.7. The van der Waals surface area contributed by atoms with E-state index in [-0.39, 0.29) is 24.1 Å². The molecule has 2 amide bonds. The Morgan fingerprint density at radius 2 is 1.62 bits per heavy atom. The van der Waals surface area contributed by atoms with Crippen molar-refractivity contribution in [2.75, 3.05) is 39.3 Å². The maximum absolute atomic E-state index is 13.0. The Morgan fingerprint density at radius 3 is 2.25 bits per heavy atom. The summed E-state index contributed by atoms with van der Waals surface area (Å²) in [6.45, 7) is 10.9. The zero-order chi connectivity index (χ0) is 22.7. The van der Waals surface area contributed by atoms with Gasteiger partial charge in [0.05, 0.1) is 18.7 Å². The first kappa shape index (κ1) is 22.9. The maximum atomic E-state index is 13.0. The lowest BCUT2D eigenvalue weighted by Crippen LogP contribution is -2.51. The standard InChI is InChI=1S/C25H37N3O4/c1-25(2,3)32-24(30)28-18-20-16-21(28)17-27(20)23(29)19-8-10-22(11-9-19)31-15-7-14-26-12-5-4-6-13-26/h8-11,20-21H,4-7,12-18H2,1-3H3. The van der Waals surface area contributed by atoms with Crippen molar-refractivity contribution in [2.45, 2.75) is 70.6 Å². The number of nitrogens with zero attached hydrogens (tertiary/aromatic N) is 3. The number of fused-ring (bicyclic) bond motifs is 2. The minimum Gasteiger partial charge on any atom is -0.494 e. The number of piperazine rings is 1. The average molecular weight is 444 g/mol. The van der Waals surface area contributed by atoms with Crippen molar-refractivity contribution in [3.05, 3.63) is 29.8 Å². The van der Waals surface area contributed by atoms with Crippen LogP contribution < -0.4 is 4.74 Å². The summed E-state index contributed by atoms with van der Waals surface area (Å²) in [5, 5.41) is 0. The molecule has 7 nitrogen and oxygen atoms in total. The molecule has 2 bridgehead atoms. The molecule has 3 saturated heterocycles. The van der Waals surface area contributed by atoms with Crippen LogP contribution in [0.1, 0.15) is 63.2 Å². The molecular formula is C25H37N3O4. The van der Waals surface area contributed by atoms with Gasteiger partial charge in [0.1, 0.15) is 11.4 Å². The topological polar surface area (TPSA) is 62.3 Å². The van der Waals surface area contributed by atoms with Gasteiger partial charge in [-0.05, 0) is 83.8 Å². The fourth-order valence-corrected chi connectivity index (χ4v) is 4.98. The highest BCUT2D eigenvalue weighted by Gasteiger charge is 2.48. The number of hydrogen-bond donors (Lipinski definition) is 0. The second-order valence-electron chi connectivity index (χ2n) is 10.3. The number of amides is 2. The van der Waals surface area contributed by atoms with Crippen LogP contribution in [0.25, 0.3) is 0 Å². The van der Waals surface area contributed by atoms with Gasteiger partial charge < -0.3 is 24.2 Å². The monoisotopic (exact) mass is 443 g/mol. The molecular weight excluding hydrogens is 406 g/mol. The van der Waals surface area contributed by atoms with Crippen LogP contribution in [0, 0.1) is 0 Å². The number of carbonyl (C=O) groups is 2. The number of piperidine rings is 1. The summed E-state index contributed by atoms with van der Waals surface area (Å²) in [5.74, 6) is 0.831. The molecule has 0 aromatic heterocycles. The molecule has 176 valence electrons. The Morgan fingerprint density at radius 1 is 0.969 bits per heavy atom. The van der Waals surface area contributed by atoms with E-state index in [0.29, 0.717) is 25.3 Å². The first-order chi connectivity index (χ1) is 15.3. The predicted molar refractivity (Wildman–Crippen MR) is 123 cm³/mol. The van der Waals surface area contributed by atoms with Crippen LogP contribution in [0.3, 0.4) is 0 Å². The molecule has 3 fully saturated rings. The molecule has 3 aliphatic rings. The van der Waals surface area contributed by atoms with Crippen LogP contribution in [0.5, 0.6) is 5.75 Å². The molecule has 0 saturated carbocycles. The number of hydrogen-bond acceptors (Lipinski definition) is 5. The summed E-state index contributed by atoms with van der Waals surface area (Å²) >= 11 is 0. The third-order valence-electron chi connectivity index (χ3n) is 6.57. The zero-order valence-corrected chi connectivity index (χ0v) is 19.7. The number of benzene rings is 1. The SMILES string of the molecule is CC(C)(C)OC(=O)N1CC2CC1CN2C(=O)c1ccc(OCCCN2CCCCC2)cc1. The summed E-state index contributed by atoms with van der Waals surface area (Å²) in [6.07, 6.45) is 5.55. The quantitative estimate of drug-likeness (QED) is 0.626. The molecule has 1 aromatic rings. The van der Waals surface area contributed by atoms with Gasteiger partial charge >= 0.3 is 6.09 Å². The molecule has 32 heavy (non-hydrogen) atoms. The summed E-state index contributed by atoms with van der Waals surface area (Å²) in [7, 11) is 0. The van der Waals surface area contributed by atoms with Crippen LogP contribution in [0.2, 0.25) is 0 Å². The highest BCUT2D eigenvalue weighted by atomic mass is 16.6. The van der Waals surface area contributed by atoms with Gasteiger partial charge in [0.25, 0.3) is 5.91 Å². The summed E-state index contributed by atoms with van der Waals surface area (Å²) < 4.78 is 11.4. The van der Waals surface area contributed by atoms with Crippen molar-refractivity contribution in [2.24, 2.45) is 0 Å². The molecule has 3 aliphatic heterocycles. The highest BCUT2D eigenvalue weighted by Crippen LogP contribution is 2.33. The first-order valence-electron chi connectivity index (χ1n) is 12.1. The smallest absolute Gasteiger partial charge is 0.410 e. The second kappa shape index (κ2) is 9.69. The van der Waals surface area contributed by atoms with Crippen molar-refractivity contribution in [1.29, 1.82) is 0 Å². The molecule has 0 radical (unpaired) electrons. The van der Waals surface area contributed by atoms with Crippen molar-refractivity contribution in [3.63, 3.8) is 0 Å². The Kier molecular flexibility index (Phi) is 6.93. The van der Waals surface area contributed by atoms with Gasteiger partial charge in [0.2, 0.25) is 0 Å². The van der Waals surface area contributed by atoms with E-state index in [0.717, 1.165) is 25.1 Å². The Labute approximate surface area is 191 Å². The minimum absolute atomic E-state index is 0.0259. The highest BCUT2D eigenvalue weighted by molar-refractivity contribution is 5.95. The van der Waals surface area contributed by atoms with Crippen molar-refractivity contribution < 1.29 is 19.1 Å². The van der Waals surface area contributed by atoms with Crippen LogP contribution in [0.15, 0.2) is 24.3 Å². The lowest BCUT2D eigenvalue weighted by Gasteiger charge is -2.35. The van der Waals surface area contributed by atoms with E-state index < -0.39 is 5.60 Å². The normalized spacial score (nSPS) is 23.5. The average Bonchev–Trinajstić information content (AvgIpc) is 3.37. The van der Waals surface area contributed by atoms with Gasteiger partial charge in [0.15, 0.2) is 0 Å². The molecule has 2 unspecified atom stereocenters. The summed E-state index contributed by atoms with van der Waals surface area (Å²) in [5.41, 5.74) is 0.160. The van der Waals surface area contributed by atoms with E-state index in [4.69, 9.17) is 9.47 Å². The largest absolute Gasteiger partial charge is 0.494 e. The van der Waals surface area contributed by atoms with Crippen molar-refractivity contribution >= 4 is 12.0 Å². The fourth-order valence-electron chi connectivity index (χ4n) is 4.98. The number of carbonyl (C=O) groups excluding carboxylic acids is 2. The lowest BCUT2D eigenvalue weighted by molar-refractivity contribution is 0.0126. The predicted octanol–water partition coefficient (Wildman–Crippen LogP) is 3.78. The Hall–Kier alpha value is -2.28. The number of ether oxygens (including phenoxy) is 2. The summed E-state index contributed by atoms with van der Waals surface area (Å²) in [4.78, 5) is 31.6. The van der Waals surface area contributed by atoms with Gasteiger partial charge in [-0.15, -0.1) is 0 Å². The third-order valence-corrected chi connectivity index (χ3v) is 6.57. The van der Waals surface area contributed by atoms with E-state index >= 15 is 0 Å². The first-order valence-corrected chi connectivity index (χ1v) is 12.1. The van der Waals surface area contributed by atoms with Gasteiger partial charge in [-0.25, -0.2) is 4.79 Å². The van der Waals surface area contributed by atoms with E-state index in [2.05, 4.69) is 4.90 Å². The van der Waals surface area contributed by atoms with E-state index in [1.54, 1.807) is 4.90 Å². The van der Waals surface area contributed by atoms with Crippen LogP contribution in [0.4, 0.5) is 4.79 Å². The van der Waals surface area contributed by atoms with Gasteiger partial charge in [-0.2, -0.15) is 0 Å². The van der Waals surface area contributed by atoms with Gasteiger partial charge in [-0.1, -0.05) is 6.42 Å².